The van der Waals surface area contributed by atoms with E-state index in [4.69, 9.17) is 18.9 Å². The van der Waals surface area contributed by atoms with Gasteiger partial charge in [0.2, 0.25) is 0 Å². The standard InChI is InChI=1S/C25H24O7/c1-14-10-19-12-17(25(28)30-19)13-21-23(15(2)24(27)32-21)20(11-14)31-22(26)9-6-16-4-7-18(29-3)8-5-16/h4-9,11-12,19-21,23H,2,10,13H2,1,3H3/b9-6+,14-11+/t19-,20?,21?,23+/m1/s1. The van der Waals surface area contributed by atoms with Gasteiger partial charge in [0.15, 0.2) is 0 Å². The quantitative estimate of drug-likeness (QED) is 0.310. The van der Waals surface area contributed by atoms with Gasteiger partial charge in [0.05, 0.1) is 13.0 Å². The Bertz CT molecular complexity index is 1040. The largest absolute Gasteiger partial charge is 0.497 e. The summed E-state index contributed by atoms with van der Waals surface area (Å²) in [5.74, 6) is -1.40. The van der Waals surface area contributed by atoms with Crippen molar-refractivity contribution in [3.63, 3.8) is 0 Å². The predicted octanol–water partition coefficient (Wildman–Crippen LogP) is 3.31. The van der Waals surface area contributed by atoms with E-state index in [1.165, 1.54) is 6.08 Å². The summed E-state index contributed by atoms with van der Waals surface area (Å²) in [5.41, 5.74) is 2.36. The molecule has 7 nitrogen and oxygen atoms in total. The highest BCUT2D eigenvalue weighted by atomic mass is 16.6. The number of methoxy groups -OCH3 is 1. The first kappa shape index (κ1) is 21.6. The van der Waals surface area contributed by atoms with Gasteiger partial charge >= 0.3 is 17.9 Å². The van der Waals surface area contributed by atoms with Gasteiger partial charge in [0.1, 0.15) is 24.1 Å². The fourth-order valence-corrected chi connectivity index (χ4v) is 4.16. The summed E-state index contributed by atoms with van der Waals surface area (Å²) in [4.78, 5) is 37.1. The number of esters is 3. The van der Waals surface area contributed by atoms with Crippen LogP contribution in [0.4, 0.5) is 0 Å². The van der Waals surface area contributed by atoms with Gasteiger partial charge in [-0.05, 0) is 42.8 Å². The average molecular weight is 436 g/mol. The van der Waals surface area contributed by atoms with Crippen LogP contribution in [0.5, 0.6) is 5.75 Å². The Labute approximate surface area is 186 Å². The minimum atomic E-state index is -0.764. The maximum Gasteiger partial charge on any atom is 0.334 e. The van der Waals surface area contributed by atoms with E-state index in [0.29, 0.717) is 17.7 Å². The third-order valence-corrected chi connectivity index (χ3v) is 5.76. The van der Waals surface area contributed by atoms with Crippen molar-refractivity contribution >= 4 is 24.0 Å². The van der Waals surface area contributed by atoms with E-state index in [9.17, 15) is 14.4 Å². The van der Waals surface area contributed by atoms with E-state index < -0.39 is 36.0 Å². The van der Waals surface area contributed by atoms with E-state index in [0.717, 1.165) is 11.1 Å². The number of hydrogen-bond acceptors (Lipinski definition) is 7. The number of ether oxygens (including phenoxy) is 4. The van der Waals surface area contributed by atoms with E-state index in [-0.39, 0.29) is 18.1 Å². The second-order valence-corrected chi connectivity index (χ2v) is 8.06. The zero-order valence-corrected chi connectivity index (χ0v) is 17.9. The lowest BCUT2D eigenvalue weighted by molar-refractivity contribution is -0.145. The lowest BCUT2D eigenvalue weighted by Gasteiger charge is -2.25. The van der Waals surface area contributed by atoms with Crippen LogP contribution < -0.4 is 4.74 Å². The molecule has 2 aliphatic heterocycles. The number of carbonyl (C=O) groups is 3. The van der Waals surface area contributed by atoms with Crippen molar-refractivity contribution in [2.24, 2.45) is 5.92 Å². The first-order valence-electron chi connectivity index (χ1n) is 10.4. The number of carbonyl (C=O) groups excluding carboxylic acids is 3. The average Bonchev–Trinajstić information content (AvgIpc) is 3.23. The summed E-state index contributed by atoms with van der Waals surface area (Å²) in [6, 6.07) is 7.22. The minimum absolute atomic E-state index is 0.188. The fourth-order valence-electron chi connectivity index (χ4n) is 4.16. The van der Waals surface area contributed by atoms with Gasteiger partial charge < -0.3 is 18.9 Å². The molecule has 0 spiro atoms. The molecule has 0 N–H and O–H groups in total. The first-order valence-corrected chi connectivity index (χ1v) is 10.4. The minimum Gasteiger partial charge on any atom is -0.497 e. The molecule has 3 aliphatic rings. The van der Waals surface area contributed by atoms with Crippen molar-refractivity contribution < 1.29 is 33.3 Å². The maximum absolute atomic E-state index is 12.6. The molecule has 32 heavy (non-hydrogen) atoms. The van der Waals surface area contributed by atoms with Crippen molar-refractivity contribution in [2.75, 3.05) is 7.11 Å². The van der Waals surface area contributed by atoms with Crippen LogP contribution in [0.25, 0.3) is 6.08 Å². The third kappa shape index (κ3) is 4.51. The Kier molecular flexibility index (Phi) is 5.99. The Morgan fingerprint density at radius 3 is 2.56 bits per heavy atom. The molecule has 1 fully saturated rings. The number of fused-ring (bicyclic) bond motifs is 2. The predicted molar refractivity (Wildman–Crippen MR) is 115 cm³/mol. The van der Waals surface area contributed by atoms with Crippen LogP contribution in [0.15, 0.2) is 65.8 Å². The van der Waals surface area contributed by atoms with Crippen molar-refractivity contribution in [2.45, 2.75) is 38.1 Å². The summed E-state index contributed by atoms with van der Waals surface area (Å²) in [5, 5.41) is 0. The normalized spacial score (nSPS) is 28.9. The molecule has 1 aliphatic carbocycles. The molecule has 2 heterocycles. The molecule has 166 valence electrons. The van der Waals surface area contributed by atoms with Crippen molar-refractivity contribution in [3.8, 4) is 5.75 Å². The Balaban J connectivity index is 1.56. The van der Waals surface area contributed by atoms with Crippen LogP contribution in [0, 0.1) is 5.92 Å². The number of hydrogen-bond donors (Lipinski definition) is 0. The van der Waals surface area contributed by atoms with E-state index in [1.807, 2.05) is 19.1 Å². The molecule has 4 rings (SSSR count). The molecule has 4 atom stereocenters. The number of rotatable bonds is 4. The van der Waals surface area contributed by atoms with Crippen LogP contribution in [0.2, 0.25) is 0 Å². The molecular formula is C25H24O7. The third-order valence-electron chi connectivity index (χ3n) is 5.76. The molecule has 1 saturated heterocycles. The lowest BCUT2D eigenvalue weighted by atomic mass is 9.85. The summed E-state index contributed by atoms with van der Waals surface area (Å²) in [6.07, 6.45) is 5.38. The van der Waals surface area contributed by atoms with Gasteiger partial charge in [0.25, 0.3) is 0 Å². The van der Waals surface area contributed by atoms with Crippen LogP contribution >= 0.6 is 0 Å². The highest BCUT2D eigenvalue weighted by Gasteiger charge is 2.46. The summed E-state index contributed by atoms with van der Waals surface area (Å²) >= 11 is 0. The molecule has 1 aromatic carbocycles. The van der Waals surface area contributed by atoms with Crippen LogP contribution in [0.3, 0.4) is 0 Å². The second kappa shape index (κ2) is 8.86. The number of benzene rings is 1. The zero-order chi connectivity index (χ0) is 22.8. The van der Waals surface area contributed by atoms with E-state index in [2.05, 4.69) is 6.58 Å². The molecule has 0 aromatic heterocycles. The zero-order valence-electron chi connectivity index (χ0n) is 17.9. The second-order valence-electron chi connectivity index (χ2n) is 8.06. The van der Waals surface area contributed by atoms with Crippen LogP contribution in [-0.4, -0.2) is 43.3 Å². The molecule has 0 radical (unpaired) electrons. The van der Waals surface area contributed by atoms with E-state index in [1.54, 1.807) is 37.5 Å². The fraction of sp³-hybridized carbons (Fsp3) is 0.320. The first-order chi connectivity index (χ1) is 15.3. The van der Waals surface area contributed by atoms with Crippen molar-refractivity contribution in [1.29, 1.82) is 0 Å². The summed E-state index contributed by atoms with van der Waals surface area (Å²) in [6.45, 7) is 5.72. The smallest absolute Gasteiger partial charge is 0.334 e. The molecule has 0 amide bonds. The van der Waals surface area contributed by atoms with Gasteiger partial charge in [-0.1, -0.05) is 24.3 Å². The SMILES string of the molecule is C=C1C(=O)OC2CC3=C[C@@H](C/C(C)=C/C(OC(=O)/C=C/c4ccc(OC)cc4)[C@H]12)OC3=O. The van der Waals surface area contributed by atoms with Crippen LogP contribution in [0.1, 0.15) is 25.3 Å². The summed E-state index contributed by atoms with van der Waals surface area (Å²) in [7, 11) is 1.58. The van der Waals surface area contributed by atoms with Gasteiger partial charge in [0, 0.05) is 30.1 Å². The summed E-state index contributed by atoms with van der Waals surface area (Å²) < 4.78 is 21.7. The van der Waals surface area contributed by atoms with Gasteiger partial charge in [-0.2, -0.15) is 0 Å². The monoisotopic (exact) mass is 436 g/mol. The van der Waals surface area contributed by atoms with E-state index >= 15 is 0 Å². The molecular weight excluding hydrogens is 412 g/mol. The van der Waals surface area contributed by atoms with Crippen molar-refractivity contribution in [1.82, 2.24) is 0 Å². The lowest BCUT2D eigenvalue weighted by Crippen LogP contribution is -2.32. The molecule has 0 saturated carbocycles. The van der Waals surface area contributed by atoms with Crippen molar-refractivity contribution in [3.05, 3.63) is 71.4 Å². The molecule has 2 unspecified atom stereocenters. The Hall–Kier alpha value is -3.61. The highest BCUT2D eigenvalue weighted by molar-refractivity contribution is 5.93. The Morgan fingerprint density at radius 2 is 1.84 bits per heavy atom. The molecule has 2 bridgehead atoms. The maximum atomic E-state index is 12.6. The topological polar surface area (TPSA) is 88.1 Å². The van der Waals surface area contributed by atoms with Gasteiger partial charge in [-0.3, -0.25) is 0 Å². The van der Waals surface area contributed by atoms with Gasteiger partial charge in [-0.25, -0.2) is 14.4 Å². The molecule has 7 heteroatoms. The van der Waals surface area contributed by atoms with Crippen LogP contribution in [-0.2, 0) is 28.6 Å². The Morgan fingerprint density at radius 1 is 1.09 bits per heavy atom. The van der Waals surface area contributed by atoms with Gasteiger partial charge in [-0.15, -0.1) is 0 Å². The molecule has 1 aromatic rings. The highest BCUT2D eigenvalue weighted by Crippen LogP contribution is 2.38.